The first-order valence-corrected chi connectivity index (χ1v) is 4.23. The molecular weight excluding hydrogens is 176 g/mol. The van der Waals surface area contributed by atoms with E-state index in [1.807, 2.05) is 6.92 Å². The van der Waals surface area contributed by atoms with E-state index in [0.29, 0.717) is 6.42 Å². The molecule has 0 atom stereocenters. The zero-order valence-corrected chi connectivity index (χ0v) is 6.82. The Morgan fingerprint density at radius 3 is 1.55 bits per heavy atom. The summed E-state index contributed by atoms with van der Waals surface area (Å²) in [5.74, 6) is 0. The summed E-state index contributed by atoms with van der Waals surface area (Å²) in [6.45, 7) is 1.90. The molecule has 7 heteroatoms. The Morgan fingerprint density at radius 1 is 1.27 bits per heavy atom. The van der Waals surface area contributed by atoms with Gasteiger partial charge in [-0.25, -0.2) is 0 Å². The number of aliphatic hydroxyl groups excluding tert-OH is 1. The van der Waals surface area contributed by atoms with E-state index in [-0.39, 0.29) is 0 Å². The van der Waals surface area contributed by atoms with Gasteiger partial charge in [0.1, 0.15) is 0 Å². The van der Waals surface area contributed by atoms with Crippen LogP contribution in [0.5, 0.6) is 0 Å². The number of hydrogen-bond acceptors (Lipinski definition) is 4. The lowest BCUT2D eigenvalue weighted by Crippen LogP contribution is -2.01. The second-order valence-corrected chi connectivity index (χ2v) is 2.61. The van der Waals surface area contributed by atoms with Crippen LogP contribution in [-0.2, 0) is 10.4 Å². The van der Waals surface area contributed by atoms with E-state index in [1.54, 1.807) is 0 Å². The Balaban J connectivity index is 0. The lowest BCUT2D eigenvalue weighted by molar-refractivity contribution is -0.0453. The fourth-order valence-corrected chi connectivity index (χ4v) is 0.258. The van der Waals surface area contributed by atoms with Gasteiger partial charge in [0.25, 0.3) is 0 Å². The number of rotatable bonds is 2. The molecule has 0 heterocycles. The maximum absolute atomic E-state index is 8.74. The molecule has 4 N–H and O–H groups in total. The van der Waals surface area contributed by atoms with Crippen molar-refractivity contribution in [3.8, 4) is 0 Å². The van der Waals surface area contributed by atoms with Gasteiger partial charge in [-0.15, -0.1) is 0 Å². The maximum atomic E-state index is 8.74. The minimum atomic E-state index is -4.67. The summed E-state index contributed by atoms with van der Waals surface area (Å²) in [6, 6.07) is 0. The van der Waals surface area contributed by atoms with Crippen molar-refractivity contribution in [3.05, 3.63) is 0 Å². The Kier molecular flexibility index (Phi) is 7.91. The van der Waals surface area contributed by atoms with Crippen molar-refractivity contribution in [3.63, 3.8) is 0 Å². The van der Waals surface area contributed by atoms with Crippen LogP contribution in [0.3, 0.4) is 0 Å². The first-order chi connectivity index (χ1) is 4.77. The van der Waals surface area contributed by atoms with Crippen LogP contribution in [0.25, 0.3) is 0 Å². The van der Waals surface area contributed by atoms with Gasteiger partial charge in [-0.05, 0) is 6.42 Å². The van der Waals surface area contributed by atoms with E-state index in [9.17, 15) is 0 Å². The molecule has 0 fully saturated rings. The molecular formula is C4H12O6S. The molecule has 0 aromatic rings. The van der Waals surface area contributed by atoms with Gasteiger partial charge >= 0.3 is 10.4 Å². The monoisotopic (exact) mass is 188 g/mol. The largest absolute Gasteiger partial charge is 0.394 e. The highest BCUT2D eigenvalue weighted by Crippen LogP contribution is 1.88. The molecule has 11 heavy (non-hydrogen) atoms. The predicted octanol–water partition coefficient (Wildman–Crippen LogP) is -0.556. The zero-order chi connectivity index (χ0) is 9.49. The summed E-state index contributed by atoms with van der Waals surface area (Å²) < 4.78 is 31.6. The summed E-state index contributed by atoms with van der Waals surface area (Å²) >= 11 is 0. The fourth-order valence-electron chi connectivity index (χ4n) is 0.258. The number of aliphatic hydroxyl groups is 2. The average Bonchev–Trinajstić information content (AvgIpc) is 1.58. The molecule has 0 unspecified atom stereocenters. The molecule has 0 saturated carbocycles. The highest BCUT2D eigenvalue weighted by Gasteiger charge is 1.89. The second-order valence-electron chi connectivity index (χ2n) is 1.72. The predicted molar refractivity (Wildman–Crippen MR) is 37.3 cm³/mol. The molecule has 0 bridgehead atoms. The van der Waals surface area contributed by atoms with E-state index in [1.165, 1.54) is 0 Å². The van der Waals surface area contributed by atoms with Crippen molar-refractivity contribution in [2.24, 2.45) is 0 Å². The first-order valence-electron chi connectivity index (χ1n) is 2.83. The molecule has 70 valence electrons. The fraction of sp³-hybridized carbons (Fsp3) is 1.00. The Bertz CT molecular complexity index is 151. The molecule has 0 aromatic heterocycles. The molecule has 0 aliphatic rings. The van der Waals surface area contributed by atoms with Crippen LogP contribution in [0.15, 0.2) is 0 Å². The highest BCUT2D eigenvalue weighted by molar-refractivity contribution is 7.79. The SMILES string of the molecule is CCCC(O)O.O=S(=O)(O)O. The zero-order valence-electron chi connectivity index (χ0n) is 6.01. The van der Waals surface area contributed by atoms with Gasteiger partial charge in [0, 0.05) is 0 Å². The van der Waals surface area contributed by atoms with Gasteiger partial charge in [-0.3, -0.25) is 9.11 Å². The van der Waals surface area contributed by atoms with Gasteiger partial charge < -0.3 is 10.2 Å². The van der Waals surface area contributed by atoms with E-state index < -0.39 is 16.7 Å². The standard InChI is InChI=1S/C4H10O2.H2O4S/c1-2-3-4(5)6;1-5(2,3)4/h4-6H,2-3H2,1H3;(H2,1,2,3,4). The first kappa shape index (κ1) is 13.4. The van der Waals surface area contributed by atoms with Gasteiger partial charge in [0.05, 0.1) is 0 Å². The highest BCUT2D eigenvalue weighted by atomic mass is 32.3. The van der Waals surface area contributed by atoms with Crippen molar-refractivity contribution < 1.29 is 27.7 Å². The van der Waals surface area contributed by atoms with Crippen molar-refractivity contribution >= 4 is 10.4 Å². The molecule has 0 saturated heterocycles. The Labute approximate surface area is 65.1 Å². The average molecular weight is 188 g/mol. The van der Waals surface area contributed by atoms with Crippen LogP contribution in [0.2, 0.25) is 0 Å². The van der Waals surface area contributed by atoms with E-state index >= 15 is 0 Å². The molecule has 0 amide bonds. The van der Waals surface area contributed by atoms with Gasteiger partial charge in [0.2, 0.25) is 0 Å². The summed E-state index contributed by atoms with van der Waals surface area (Å²) in [6.07, 6.45) is 0.215. The third kappa shape index (κ3) is 76.3. The third-order valence-electron chi connectivity index (χ3n) is 0.547. The lowest BCUT2D eigenvalue weighted by atomic mass is 10.3. The quantitative estimate of drug-likeness (QED) is 0.341. The normalized spacial score (nSPS) is 10.7. The molecule has 0 radical (unpaired) electrons. The van der Waals surface area contributed by atoms with Gasteiger partial charge in [-0.1, -0.05) is 13.3 Å². The minimum Gasteiger partial charge on any atom is -0.368 e. The van der Waals surface area contributed by atoms with Crippen LogP contribution in [0.1, 0.15) is 19.8 Å². The van der Waals surface area contributed by atoms with Gasteiger partial charge in [0.15, 0.2) is 6.29 Å². The Hall–Kier alpha value is -0.210. The third-order valence-corrected chi connectivity index (χ3v) is 0.547. The van der Waals surface area contributed by atoms with E-state index in [0.717, 1.165) is 6.42 Å². The maximum Gasteiger partial charge on any atom is 0.394 e. The topological polar surface area (TPSA) is 115 Å². The van der Waals surface area contributed by atoms with Crippen molar-refractivity contribution in [1.29, 1.82) is 0 Å². The summed E-state index contributed by atoms with van der Waals surface area (Å²) in [4.78, 5) is 0. The molecule has 0 rings (SSSR count). The Morgan fingerprint density at radius 2 is 1.55 bits per heavy atom. The number of hydrogen-bond donors (Lipinski definition) is 4. The van der Waals surface area contributed by atoms with Crippen molar-refractivity contribution in [2.45, 2.75) is 26.1 Å². The van der Waals surface area contributed by atoms with Crippen molar-refractivity contribution in [2.75, 3.05) is 0 Å². The van der Waals surface area contributed by atoms with Crippen LogP contribution >= 0.6 is 0 Å². The summed E-state index contributed by atoms with van der Waals surface area (Å²) in [5.41, 5.74) is 0. The minimum absolute atomic E-state index is 0.486. The second kappa shape index (κ2) is 6.50. The van der Waals surface area contributed by atoms with E-state index in [4.69, 9.17) is 27.7 Å². The van der Waals surface area contributed by atoms with Gasteiger partial charge in [-0.2, -0.15) is 8.42 Å². The van der Waals surface area contributed by atoms with Crippen LogP contribution in [-0.4, -0.2) is 34.0 Å². The molecule has 0 spiro atoms. The summed E-state index contributed by atoms with van der Waals surface area (Å²) in [5, 5.41) is 16.2. The van der Waals surface area contributed by atoms with E-state index in [2.05, 4.69) is 0 Å². The molecule has 0 aliphatic heterocycles. The van der Waals surface area contributed by atoms with Crippen LogP contribution in [0.4, 0.5) is 0 Å². The van der Waals surface area contributed by atoms with Crippen LogP contribution < -0.4 is 0 Å². The molecule has 6 nitrogen and oxygen atoms in total. The van der Waals surface area contributed by atoms with Crippen LogP contribution in [0, 0.1) is 0 Å². The lowest BCUT2D eigenvalue weighted by Gasteiger charge is -1.94. The van der Waals surface area contributed by atoms with Crippen molar-refractivity contribution in [1.82, 2.24) is 0 Å². The molecule has 0 aliphatic carbocycles. The summed E-state index contributed by atoms with van der Waals surface area (Å²) in [7, 11) is -4.67. The molecule has 0 aromatic carbocycles. The smallest absolute Gasteiger partial charge is 0.368 e.